The highest BCUT2D eigenvalue weighted by Crippen LogP contribution is 2.17. The first-order valence-corrected chi connectivity index (χ1v) is 30.9. The number of ether oxygens (including phenoxy) is 1. The van der Waals surface area contributed by atoms with Crippen molar-refractivity contribution in [1.82, 2.24) is 5.32 Å². The Hall–Kier alpha value is -2.18. The molecule has 0 rings (SSSR count). The van der Waals surface area contributed by atoms with Gasteiger partial charge in [0.1, 0.15) is 0 Å². The van der Waals surface area contributed by atoms with Crippen molar-refractivity contribution in [1.29, 1.82) is 0 Å². The first-order chi connectivity index (χ1) is 34.5. The summed E-state index contributed by atoms with van der Waals surface area (Å²) >= 11 is 0. The number of hydrogen-bond donors (Lipinski definition) is 3. The number of esters is 1. The van der Waals surface area contributed by atoms with Gasteiger partial charge < -0.3 is 20.3 Å². The van der Waals surface area contributed by atoms with Gasteiger partial charge in [0.05, 0.1) is 25.4 Å². The van der Waals surface area contributed by atoms with Gasteiger partial charge in [-0.25, -0.2) is 0 Å². The van der Waals surface area contributed by atoms with Gasteiger partial charge in [-0.15, -0.1) is 0 Å². The van der Waals surface area contributed by atoms with E-state index < -0.39 is 12.1 Å². The minimum Gasteiger partial charge on any atom is -0.466 e. The monoisotopic (exact) mass is 982 g/mol. The highest BCUT2D eigenvalue weighted by Gasteiger charge is 2.20. The smallest absolute Gasteiger partial charge is 0.305 e. The zero-order chi connectivity index (χ0) is 50.7. The maximum absolute atomic E-state index is 12.5. The van der Waals surface area contributed by atoms with Gasteiger partial charge in [-0.3, -0.25) is 9.59 Å². The lowest BCUT2D eigenvalue weighted by atomic mass is 10.0. The average Bonchev–Trinajstić information content (AvgIpc) is 3.36. The Morgan fingerprint density at radius 3 is 1.20 bits per heavy atom. The van der Waals surface area contributed by atoms with Crippen molar-refractivity contribution in [2.75, 3.05) is 13.2 Å². The highest BCUT2D eigenvalue weighted by atomic mass is 16.5. The molecular weight excluding hydrogens is 863 g/mol. The summed E-state index contributed by atoms with van der Waals surface area (Å²) in [6.45, 7) is 4.88. The molecule has 2 unspecified atom stereocenters. The molecule has 6 heteroatoms. The Bertz CT molecular complexity index is 1180. The van der Waals surface area contributed by atoms with Crippen LogP contribution in [-0.4, -0.2) is 47.4 Å². The molecule has 0 aromatic carbocycles. The predicted octanol–water partition coefficient (Wildman–Crippen LogP) is 19.4. The van der Waals surface area contributed by atoms with E-state index in [-0.39, 0.29) is 18.5 Å². The molecule has 0 saturated carbocycles. The van der Waals surface area contributed by atoms with E-state index in [1.165, 1.54) is 205 Å². The number of unbranched alkanes of at least 4 members (excludes halogenated alkanes) is 39. The van der Waals surface area contributed by atoms with Gasteiger partial charge in [0.25, 0.3) is 0 Å². The van der Waals surface area contributed by atoms with Crippen molar-refractivity contribution in [2.24, 2.45) is 0 Å². The Morgan fingerprint density at radius 2 is 0.757 bits per heavy atom. The van der Waals surface area contributed by atoms with Crippen LogP contribution >= 0.6 is 0 Å². The van der Waals surface area contributed by atoms with E-state index in [2.05, 4.69) is 67.8 Å². The number of aliphatic hydroxyl groups is 2. The molecule has 6 nitrogen and oxygen atoms in total. The average molecular weight is 983 g/mol. The van der Waals surface area contributed by atoms with E-state index in [0.717, 1.165) is 83.5 Å². The number of carbonyl (C=O) groups excluding carboxylic acids is 2. The summed E-state index contributed by atoms with van der Waals surface area (Å²) in [4.78, 5) is 24.6. The van der Waals surface area contributed by atoms with Crippen LogP contribution in [0.4, 0.5) is 0 Å². The number of nitrogens with one attached hydrogen (secondary N) is 1. The van der Waals surface area contributed by atoms with Gasteiger partial charge in [0.15, 0.2) is 0 Å². The summed E-state index contributed by atoms with van der Waals surface area (Å²) in [5.41, 5.74) is 0. The molecule has 0 bridgehead atoms. The normalized spacial score (nSPS) is 12.9. The highest BCUT2D eigenvalue weighted by molar-refractivity contribution is 5.76. The molecule has 1 amide bonds. The molecule has 0 aliphatic heterocycles. The summed E-state index contributed by atoms with van der Waals surface area (Å²) < 4.78 is 5.46. The van der Waals surface area contributed by atoms with E-state index in [1.807, 2.05) is 0 Å². The number of carbonyl (C=O) groups is 2. The largest absolute Gasteiger partial charge is 0.466 e. The van der Waals surface area contributed by atoms with Crippen LogP contribution in [0.25, 0.3) is 0 Å². The predicted molar refractivity (Wildman–Crippen MR) is 306 cm³/mol. The van der Waals surface area contributed by atoms with Crippen molar-refractivity contribution in [3.8, 4) is 0 Å². The van der Waals surface area contributed by atoms with Crippen LogP contribution in [-0.2, 0) is 14.3 Å². The number of aliphatic hydroxyl groups excluding tert-OH is 2. The fourth-order valence-corrected chi connectivity index (χ4v) is 9.37. The fraction of sp³-hybridized carbons (Fsp3) is 0.844. The van der Waals surface area contributed by atoms with E-state index in [0.29, 0.717) is 25.9 Å². The molecular formula is C64H119NO5. The van der Waals surface area contributed by atoms with Crippen LogP contribution in [0.15, 0.2) is 48.6 Å². The number of hydrogen-bond acceptors (Lipinski definition) is 5. The van der Waals surface area contributed by atoms with E-state index in [1.54, 1.807) is 0 Å². The van der Waals surface area contributed by atoms with E-state index in [4.69, 9.17) is 4.74 Å². The quantitative estimate of drug-likeness (QED) is 0.0244. The van der Waals surface area contributed by atoms with Gasteiger partial charge in [-0.1, -0.05) is 268 Å². The Morgan fingerprint density at radius 1 is 0.414 bits per heavy atom. The van der Waals surface area contributed by atoms with Gasteiger partial charge in [-0.2, -0.15) is 0 Å². The first kappa shape index (κ1) is 67.8. The second kappa shape index (κ2) is 59.4. The van der Waals surface area contributed by atoms with Gasteiger partial charge in [-0.05, 0) is 89.9 Å². The Labute approximate surface area is 436 Å². The second-order valence-electron chi connectivity index (χ2n) is 21.1. The molecule has 410 valence electrons. The van der Waals surface area contributed by atoms with Gasteiger partial charge in [0, 0.05) is 12.8 Å². The van der Waals surface area contributed by atoms with Crippen LogP contribution in [0.2, 0.25) is 0 Å². The maximum Gasteiger partial charge on any atom is 0.305 e. The van der Waals surface area contributed by atoms with Crippen molar-refractivity contribution >= 4 is 11.9 Å². The zero-order valence-electron chi connectivity index (χ0n) is 46.7. The summed E-state index contributed by atoms with van der Waals surface area (Å²) in [6, 6.07) is -0.560. The molecule has 0 aromatic rings. The van der Waals surface area contributed by atoms with Crippen LogP contribution in [0.3, 0.4) is 0 Å². The lowest BCUT2D eigenvalue weighted by Crippen LogP contribution is -2.45. The number of allylic oxidation sites excluding steroid dienone is 8. The van der Waals surface area contributed by atoms with Crippen molar-refractivity contribution < 1.29 is 24.5 Å². The molecule has 0 aromatic heterocycles. The molecule has 0 aliphatic carbocycles. The standard InChI is InChI=1S/C64H119NO5/c1-3-5-7-9-11-13-15-17-19-21-23-25-28-32-36-40-44-48-52-56-62(67)61(60-66)65-63(68)57-53-49-45-41-37-33-29-27-31-35-39-43-47-51-55-59-70-64(69)58-54-50-46-42-38-34-30-26-24-22-20-18-16-14-12-10-8-6-4-2/h12,14,18,20,27,31,35,39,61-62,66-67H,3-11,13,15-17,19,21-26,28-30,32-34,36-38,40-60H2,1-2H3,(H,65,68)/b14-12-,20-18-,31-27-,39-35-. The number of rotatable bonds is 57. The summed E-state index contributed by atoms with van der Waals surface area (Å²) in [5.74, 6) is -0.0813. The topological polar surface area (TPSA) is 95.9 Å². The summed E-state index contributed by atoms with van der Waals surface area (Å²) in [6.07, 6.45) is 75.4. The second-order valence-corrected chi connectivity index (χ2v) is 21.1. The van der Waals surface area contributed by atoms with Crippen LogP contribution in [0.5, 0.6) is 0 Å². The van der Waals surface area contributed by atoms with Crippen molar-refractivity contribution in [3.05, 3.63) is 48.6 Å². The van der Waals surface area contributed by atoms with Crippen molar-refractivity contribution in [2.45, 2.75) is 334 Å². The molecule has 70 heavy (non-hydrogen) atoms. The maximum atomic E-state index is 12.5. The zero-order valence-corrected chi connectivity index (χ0v) is 46.7. The molecule has 0 heterocycles. The Kier molecular flexibility index (Phi) is 57.5. The fourth-order valence-electron chi connectivity index (χ4n) is 9.37. The Balaban J connectivity index is 3.51. The van der Waals surface area contributed by atoms with Gasteiger partial charge >= 0.3 is 5.97 Å². The SMILES string of the molecule is CCCCC/C=C\C/C=C\CCCCCCCCCCCC(=O)OCCCCC/C=C\C=C/CCCCCCCCC(=O)NC(CO)C(O)CCCCCCCCCCCCCCCCCCCCC. The number of amides is 1. The van der Waals surface area contributed by atoms with Gasteiger partial charge in [0.2, 0.25) is 5.91 Å². The van der Waals surface area contributed by atoms with Crippen LogP contribution in [0.1, 0.15) is 322 Å². The molecule has 0 saturated heterocycles. The molecule has 2 atom stereocenters. The third-order valence-electron chi connectivity index (χ3n) is 14.1. The first-order valence-electron chi connectivity index (χ1n) is 30.9. The minimum absolute atomic E-state index is 0.0253. The molecule has 0 fully saturated rings. The molecule has 0 radical (unpaired) electrons. The third-order valence-corrected chi connectivity index (χ3v) is 14.1. The lowest BCUT2D eigenvalue weighted by molar-refractivity contribution is -0.143. The molecule has 0 spiro atoms. The van der Waals surface area contributed by atoms with E-state index in [9.17, 15) is 19.8 Å². The summed E-state index contributed by atoms with van der Waals surface area (Å²) in [7, 11) is 0. The van der Waals surface area contributed by atoms with Crippen LogP contribution in [0, 0.1) is 0 Å². The minimum atomic E-state index is -0.681. The molecule has 3 N–H and O–H groups in total. The lowest BCUT2D eigenvalue weighted by Gasteiger charge is -2.22. The molecule has 0 aliphatic rings. The van der Waals surface area contributed by atoms with Crippen LogP contribution < -0.4 is 5.32 Å². The third kappa shape index (κ3) is 55.1. The van der Waals surface area contributed by atoms with Crippen molar-refractivity contribution in [3.63, 3.8) is 0 Å². The summed E-state index contributed by atoms with van der Waals surface area (Å²) in [5, 5.41) is 23.3. The van der Waals surface area contributed by atoms with E-state index >= 15 is 0 Å².